The van der Waals surface area contributed by atoms with E-state index in [1.807, 2.05) is 13.0 Å². The number of hydrogen-bond donors (Lipinski definition) is 2. The SMILES string of the molecule is Cc1occc1Sc1cc(C(=O)O)ccc1N. The molecule has 0 aliphatic heterocycles. The van der Waals surface area contributed by atoms with Crippen molar-refractivity contribution < 1.29 is 14.3 Å². The van der Waals surface area contributed by atoms with Gasteiger partial charge in [0.2, 0.25) is 0 Å². The number of carboxylic acid groups (broad SMARTS) is 1. The van der Waals surface area contributed by atoms with Crippen LogP contribution in [0.15, 0.2) is 44.7 Å². The molecule has 4 nitrogen and oxygen atoms in total. The van der Waals surface area contributed by atoms with Crippen LogP contribution in [0.4, 0.5) is 5.69 Å². The molecular formula is C12H11NO3S. The van der Waals surface area contributed by atoms with Gasteiger partial charge in [0.25, 0.3) is 0 Å². The lowest BCUT2D eigenvalue weighted by atomic mass is 10.2. The number of rotatable bonds is 3. The van der Waals surface area contributed by atoms with E-state index < -0.39 is 5.97 Å². The van der Waals surface area contributed by atoms with Crippen molar-refractivity contribution in [2.45, 2.75) is 16.7 Å². The number of carboxylic acids is 1. The summed E-state index contributed by atoms with van der Waals surface area (Å²) in [4.78, 5) is 12.5. The summed E-state index contributed by atoms with van der Waals surface area (Å²) >= 11 is 1.40. The van der Waals surface area contributed by atoms with Gasteiger partial charge in [0, 0.05) is 10.6 Å². The first-order valence-electron chi connectivity index (χ1n) is 4.92. The van der Waals surface area contributed by atoms with Crippen LogP contribution in [0.1, 0.15) is 16.1 Å². The first-order chi connectivity index (χ1) is 8.08. The Hall–Kier alpha value is -1.88. The second-order valence-corrected chi connectivity index (χ2v) is 4.58. The molecule has 0 fully saturated rings. The number of aryl methyl sites for hydroxylation is 1. The van der Waals surface area contributed by atoms with E-state index in [0.29, 0.717) is 5.69 Å². The van der Waals surface area contributed by atoms with Crippen molar-refractivity contribution in [3.63, 3.8) is 0 Å². The molecule has 1 aromatic heterocycles. The maximum Gasteiger partial charge on any atom is 0.335 e. The van der Waals surface area contributed by atoms with Gasteiger partial charge in [-0.2, -0.15) is 0 Å². The van der Waals surface area contributed by atoms with Crippen LogP contribution in [0.2, 0.25) is 0 Å². The van der Waals surface area contributed by atoms with Crippen molar-refractivity contribution >= 4 is 23.4 Å². The van der Waals surface area contributed by atoms with Gasteiger partial charge in [-0.05, 0) is 31.2 Å². The van der Waals surface area contributed by atoms with Gasteiger partial charge < -0.3 is 15.3 Å². The lowest BCUT2D eigenvalue weighted by Gasteiger charge is -2.05. The smallest absolute Gasteiger partial charge is 0.335 e. The third-order valence-electron chi connectivity index (χ3n) is 2.29. The van der Waals surface area contributed by atoms with E-state index in [9.17, 15) is 4.79 Å². The number of benzene rings is 1. The molecule has 0 radical (unpaired) electrons. The minimum atomic E-state index is -0.962. The molecule has 5 heteroatoms. The highest BCUT2D eigenvalue weighted by Crippen LogP contribution is 2.34. The van der Waals surface area contributed by atoms with Crippen LogP contribution in [-0.2, 0) is 0 Å². The monoisotopic (exact) mass is 249 g/mol. The van der Waals surface area contributed by atoms with Crippen LogP contribution in [0, 0.1) is 6.92 Å². The van der Waals surface area contributed by atoms with Gasteiger partial charge in [-0.1, -0.05) is 11.8 Å². The largest absolute Gasteiger partial charge is 0.478 e. The zero-order chi connectivity index (χ0) is 12.4. The fourth-order valence-corrected chi connectivity index (χ4v) is 2.28. The average Bonchev–Trinajstić information content (AvgIpc) is 2.67. The second kappa shape index (κ2) is 4.55. The second-order valence-electron chi connectivity index (χ2n) is 3.50. The maximum atomic E-state index is 10.9. The van der Waals surface area contributed by atoms with Crippen molar-refractivity contribution in [3.05, 3.63) is 41.9 Å². The van der Waals surface area contributed by atoms with Crippen molar-refractivity contribution in [1.29, 1.82) is 0 Å². The number of nitrogens with two attached hydrogens (primary N) is 1. The summed E-state index contributed by atoms with van der Waals surface area (Å²) in [5.74, 6) is -0.175. The zero-order valence-corrected chi connectivity index (χ0v) is 9.95. The molecule has 1 heterocycles. The van der Waals surface area contributed by atoms with E-state index in [2.05, 4.69) is 0 Å². The van der Waals surface area contributed by atoms with Gasteiger partial charge in [0.1, 0.15) is 5.76 Å². The number of anilines is 1. The predicted octanol–water partition coefficient (Wildman–Crippen LogP) is 3.02. The van der Waals surface area contributed by atoms with Gasteiger partial charge in [-0.25, -0.2) is 4.79 Å². The highest BCUT2D eigenvalue weighted by molar-refractivity contribution is 7.99. The van der Waals surface area contributed by atoms with Crippen LogP contribution in [0.5, 0.6) is 0 Å². The number of furan rings is 1. The van der Waals surface area contributed by atoms with Crippen LogP contribution in [0.25, 0.3) is 0 Å². The summed E-state index contributed by atoms with van der Waals surface area (Å²) in [5, 5.41) is 8.91. The first kappa shape index (κ1) is 11.6. The summed E-state index contributed by atoms with van der Waals surface area (Å²) in [6, 6.07) is 6.48. The summed E-state index contributed by atoms with van der Waals surface area (Å²) < 4.78 is 5.18. The molecule has 3 N–H and O–H groups in total. The number of carbonyl (C=O) groups is 1. The molecule has 0 saturated carbocycles. The highest BCUT2D eigenvalue weighted by Gasteiger charge is 2.10. The normalized spacial score (nSPS) is 10.4. The van der Waals surface area contributed by atoms with Crippen LogP contribution in [0.3, 0.4) is 0 Å². The van der Waals surface area contributed by atoms with Crippen LogP contribution < -0.4 is 5.73 Å². The Balaban J connectivity index is 2.35. The Morgan fingerprint density at radius 3 is 2.71 bits per heavy atom. The first-order valence-corrected chi connectivity index (χ1v) is 5.74. The topological polar surface area (TPSA) is 76.5 Å². The third-order valence-corrected chi connectivity index (χ3v) is 3.51. The molecule has 88 valence electrons. The zero-order valence-electron chi connectivity index (χ0n) is 9.14. The Labute approximate surface area is 102 Å². The average molecular weight is 249 g/mol. The van der Waals surface area contributed by atoms with Gasteiger partial charge in [0.15, 0.2) is 0 Å². The van der Waals surface area contributed by atoms with E-state index in [1.54, 1.807) is 18.4 Å². The van der Waals surface area contributed by atoms with Crippen LogP contribution >= 0.6 is 11.8 Å². The Morgan fingerprint density at radius 2 is 2.12 bits per heavy atom. The van der Waals surface area contributed by atoms with Gasteiger partial charge in [-0.15, -0.1) is 0 Å². The van der Waals surface area contributed by atoms with Gasteiger partial charge in [0.05, 0.1) is 16.7 Å². The molecule has 0 aliphatic carbocycles. The Morgan fingerprint density at radius 1 is 1.35 bits per heavy atom. The number of nitrogen functional groups attached to an aromatic ring is 1. The fraction of sp³-hybridized carbons (Fsp3) is 0.0833. The van der Waals surface area contributed by atoms with E-state index in [1.165, 1.54) is 17.8 Å². The predicted molar refractivity (Wildman–Crippen MR) is 65.4 cm³/mol. The van der Waals surface area contributed by atoms with Crippen molar-refractivity contribution in [3.8, 4) is 0 Å². The lowest BCUT2D eigenvalue weighted by molar-refractivity contribution is 0.0696. The fourth-order valence-electron chi connectivity index (χ4n) is 1.35. The maximum absolute atomic E-state index is 10.9. The molecular weight excluding hydrogens is 238 g/mol. The van der Waals surface area contributed by atoms with Gasteiger partial charge in [-0.3, -0.25) is 0 Å². The van der Waals surface area contributed by atoms with E-state index >= 15 is 0 Å². The Bertz CT molecular complexity index is 563. The molecule has 2 aromatic rings. The Kier molecular flexibility index (Phi) is 3.10. The van der Waals surface area contributed by atoms with Crippen molar-refractivity contribution in [2.24, 2.45) is 0 Å². The molecule has 0 bridgehead atoms. The summed E-state index contributed by atoms with van der Waals surface area (Å²) in [5.41, 5.74) is 6.59. The minimum absolute atomic E-state index is 0.225. The number of hydrogen-bond acceptors (Lipinski definition) is 4. The quantitative estimate of drug-likeness (QED) is 0.818. The molecule has 0 amide bonds. The molecule has 0 aliphatic rings. The minimum Gasteiger partial charge on any atom is -0.478 e. The number of aromatic carboxylic acids is 1. The highest BCUT2D eigenvalue weighted by atomic mass is 32.2. The van der Waals surface area contributed by atoms with Crippen molar-refractivity contribution in [2.75, 3.05) is 5.73 Å². The lowest BCUT2D eigenvalue weighted by Crippen LogP contribution is -1.98. The van der Waals surface area contributed by atoms with E-state index in [-0.39, 0.29) is 5.56 Å². The van der Waals surface area contributed by atoms with E-state index in [4.69, 9.17) is 15.3 Å². The standard InChI is InChI=1S/C12H11NO3S/c1-7-10(4-5-16-7)17-11-6-8(12(14)15)2-3-9(11)13/h2-6H,13H2,1H3,(H,14,15). The molecule has 0 atom stereocenters. The summed E-state index contributed by atoms with van der Waals surface area (Å²) in [7, 11) is 0. The molecule has 0 saturated heterocycles. The molecule has 17 heavy (non-hydrogen) atoms. The molecule has 0 unspecified atom stereocenters. The molecule has 1 aromatic carbocycles. The summed E-state index contributed by atoms with van der Waals surface area (Å²) in [6.45, 7) is 1.85. The summed E-state index contributed by atoms with van der Waals surface area (Å²) in [6.07, 6.45) is 1.59. The van der Waals surface area contributed by atoms with Crippen molar-refractivity contribution in [1.82, 2.24) is 0 Å². The molecule has 2 rings (SSSR count). The molecule has 0 spiro atoms. The van der Waals surface area contributed by atoms with E-state index in [0.717, 1.165) is 15.6 Å². The van der Waals surface area contributed by atoms with Gasteiger partial charge >= 0.3 is 5.97 Å². The third kappa shape index (κ3) is 2.45. The van der Waals surface area contributed by atoms with Crippen LogP contribution in [-0.4, -0.2) is 11.1 Å².